The second kappa shape index (κ2) is 11.9. The van der Waals surface area contributed by atoms with Gasteiger partial charge in [-0.2, -0.15) is 0 Å². The predicted molar refractivity (Wildman–Crippen MR) is 142 cm³/mol. The van der Waals surface area contributed by atoms with Gasteiger partial charge in [-0.25, -0.2) is 0 Å². The molecule has 5 nitrogen and oxygen atoms in total. The fourth-order valence-corrected chi connectivity index (χ4v) is 4.45. The molecule has 7 heteroatoms. The van der Waals surface area contributed by atoms with Gasteiger partial charge in [-0.1, -0.05) is 23.2 Å². The highest BCUT2D eigenvalue weighted by Gasteiger charge is 2.22. The monoisotopic (exact) mass is 518 g/mol. The van der Waals surface area contributed by atoms with Crippen LogP contribution in [0.5, 0.6) is 23.0 Å². The molecule has 0 radical (unpaired) electrons. The SMILES string of the molecule is COc1cc(/C=C2\CCC/C(=C\c3cc(Cl)c(OC(C)C)c(OC)c3)C2=O)cc(Cl)c1OC(C)C. The van der Waals surface area contributed by atoms with E-state index in [9.17, 15) is 4.79 Å². The minimum Gasteiger partial charge on any atom is -0.493 e. The zero-order valence-electron chi connectivity index (χ0n) is 21.0. The van der Waals surface area contributed by atoms with Crippen LogP contribution in [0.4, 0.5) is 0 Å². The Balaban J connectivity index is 1.93. The average molecular weight is 519 g/mol. The highest BCUT2D eigenvalue weighted by atomic mass is 35.5. The third-order valence-corrected chi connectivity index (χ3v) is 5.93. The second-order valence-electron chi connectivity index (χ2n) is 8.92. The molecule has 0 atom stereocenters. The molecule has 0 N–H and O–H groups in total. The molecule has 0 spiro atoms. The number of methoxy groups -OCH3 is 2. The van der Waals surface area contributed by atoms with E-state index in [4.69, 9.17) is 42.1 Å². The predicted octanol–water partition coefficient (Wildman–Crippen LogP) is 7.81. The van der Waals surface area contributed by atoms with Gasteiger partial charge in [-0.15, -0.1) is 0 Å². The number of ether oxygens (including phenoxy) is 4. The maximum atomic E-state index is 13.3. The Labute approximate surface area is 217 Å². The maximum Gasteiger partial charge on any atom is 0.185 e. The van der Waals surface area contributed by atoms with E-state index in [0.29, 0.717) is 45.9 Å². The van der Waals surface area contributed by atoms with Gasteiger partial charge in [0, 0.05) is 11.1 Å². The van der Waals surface area contributed by atoms with Crippen molar-refractivity contribution in [2.45, 2.75) is 59.2 Å². The van der Waals surface area contributed by atoms with Crippen LogP contribution in [0.15, 0.2) is 35.4 Å². The van der Waals surface area contributed by atoms with E-state index in [-0.39, 0.29) is 18.0 Å². The van der Waals surface area contributed by atoms with Crippen LogP contribution in [0.1, 0.15) is 58.1 Å². The molecule has 0 saturated heterocycles. The molecule has 1 aliphatic rings. The van der Waals surface area contributed by atoms with Crippen molar-refractivity contribution in [1.82, 2.24) is 0 Å². The molecule has 0 amide bonds. The van der Waals surface area contributed by atoms with Crippen LogP contribution in [-0.2, 0) is 4.79 Å². The number of hydrogen-bond donors (Lipinski definition) is 0. The van der Waals surface area contributed by atoms with Crippen molar-refractivity contribution in [3.05, 3.63) is 56.6 Å². The lowest BCUT2D eigenvalue weighted by atomic mass is 9.87. The first kappa shape index (κ1) is 27.0. The van der Waals surface area contributed by atoms with Gasteiger partial charge in [0.1, 0.15) is 0 Å². The van der Waals surface area contributed by atoms with Crippen molar-refractivity contribution in [3.8, 4) is 23.0 Å². The van der Waals surface area contributed by atoms with E-state index in [1.54, 1.807) is 26.4 Å². The van der Waals surface area contributed by atoms with Gasteiger partial charge in [0.25, 0.3) is 0 Å². The number of carbonyl (C=O) groups excluding carboxylic acids is 1. The Bertz CT molecular complexity index is 1060. The maximum absolute atomic E-state index is 13.3. The molecular formula is C28H32Cl2O5. The standard InChI is InChI=1S/C28H32Cl2O5/c1-16(2)34-27-22(29)12-18(14-24(27)32-5)10-20-8-7-9-21(26(20)31)11-19-13-23(30)28(35-17(3)4)25(15-19)33-6/h10-17H,7-9H2,1-6H3/b20-10+,21-11+. The number of rotatable bonds is 8. The van der Waals surface area contributed by atoms with Crippen LogP contribution >= 0.6 is 23.2 Å². The summed E-state index contributed by atoms with van der Waals surface area (Å²) in [6, 6.07) is 7.25. The van der Waals surface area contributed by atoms with Crippen LogP contribution in [0.3, 0.4) is 0 Å². The summed E-state index contributed by atoms with van der Waals surface area (Å²) in [4.78, 5) is 13.3. The van der Waals surface area contributed by atoms with E-state index < -0.39 is 0 Å². The van der Waals surface area contributed by atoms with E-state index in [1.807, 2.05) is 52.0 Å². The van der Waals surface area contributed by atoms with Gasteiger partial charge in [-0.05, 0) is 94.5 Å². The molecule has 0 aromatic heterocycles. The van der Waals surface area contributed by atoms with Crippen molar-refractivity contribution in [2.24, 2.45) is 0 Å². The number of carbonyl (C=O) groups is 1. The Morgan fingerprint density at radius 3 is 1.49 bits per heavy atom. The molecule has 0 unspecified atom stereocenters. The normalized spacial score (nSPS) is 16.3. The average Bonchev–Trinajstić information content (AvgIpc) is 2.79. The smallest absolute Gasteiger partial charge is 0.185 e. The van der Waals surface area contributed by atoms with Gasteiger partial charge in [-0.3, -0.25) is 4.79 Å². The van der Waals surface area contributed by atoms with Gasteiger partial charge in [0.15, 0.2) is 28.8 Å². The molecule has 0 bridgehead atoms. The zero-order valence-corrected chi connectivity index (χ0v) is 22.5. The summed E-state index contributed by atoms with van der Waals surface area (Å²) in [6.07, 6.45) is 5.89. The Morgan fingerprint density at radius 2 is 1.14 bits per heavy atom. The first-order valence-corrected chi connectivity index (χ1v) is 12.4. The summed E-state index contributed by atoms with van der Waals surface area (Å²) in [5.74, 6) is 2.06. The van der Waals surface area contributed by atoms with Crippen LogP contribution in [0, 0.1) is 0 Å². The lowest BCUT2D eigenvalue weighted by molar-refractivity contribution is -0.112. The first-order valence-electron chi connectivity index (χ1n) is 11.7. The highest BCUT2D eigenvalue weighted by molar-refractivity contribution is 6.33. The zero-order chi connectivity index (χ0) is 25.7. The number of allylic oxidation sites excluding steroid dienone is 2. The van der Waals surface area contributed by atoms with Gasteiger partial charge in [0.05, 0.1) is 36.5 Å². The number of Topliss-reactive ketones (excluding diaryl/α,β-unsaturated/α-hetero) is 1. The van der Waals surface area contributed by atoms with Crippen molar-refractivity contribution < 1.29 is 23.7 Å². The number of hydrogen-bond acceptors (Lipinski definition) is 5. The molecule has 188 valence electrons. The summed E-state index contributed by atoms with van der Waals surface area (Å²) in [5.41, 5.74) is 3.01. The third kappa shape index (κ3) is 6.74. The lowest BCUT2D eigenvalue weighted by Crippen LogP contribution is -2.12. The molecular weight excluding hydrogens is 487 g/mol. The fourth-order valence-electron chi connectivity index (χ4n) is 3.93. The molecule has 2 aromatic rings. The summed E-state index contributed by atoms with van der Waals surface area (Å²) < 4.78 is 22.5. The summed E-state index contributed by atoms with van der Waals surface area (Å²) in [7, 11) is 3.14. The van der Waals surface area contributed by atoms with Gasteiger partial charge < -0.3 is 18.9 Å². The van der Waals surface area contributed by atoms with Crippen LogP contribution in [-0.4, -0.2) is 32.2 Å². The minimum atomic E-state index is -0.0450. The molecule has 1 fully saturated rings. The molecule has 0 aliphatic heterocycles. The molecule has 1 saturated carbocycles. The van der Waals surface area contributed by atoms with E-state index >= 15 is 0 Å². The van der Waals surface area contributed by atoms with Crippen LogP contribution in [0.2, 0.25) is 10.0 Å². The number of halogens is 2. The van der Waals surface area contributed by atoms with Crippen molar-refractivity contribution in [2.75, 3.05) is 14.2 Å². The minimum absolute atomic E-state index is 0.00597. The second-order valence-corrected chi connectivity index (χ2v) is 9.74. The topological polar surface area (TPSA) is 54.0 Å². The summed E-state index contributed by atoms with van der Waals surface area (Å²) in [5, 5.41) is 0.878. The van der Waals surface area contributed by atoms with Crippen molar-refractivity contribution in [1.29, 1.82) is 0 Å². The molecule has 1 aliphatic carbocycles. The molecule has 3 rings (SSSR count). The first-order chi connectivity index (χ1) is 16.6. The van der Waals surface area contributed by atoms with Crippen molar-refractivity contribution >= 4 is 41.1 Å². The Kier molecular flexibility index (Phi) is 9.15. The van der Waals surface area contributed by atoms with Crippen LogP contribution in [0.25, 0.3) is 12.2 Å². The van der Waals surface area contributed by atoms with Crippen molar-refractivity contribution in [3.63, 3.8) is 0 Å². The Morgan fingerprint density at radius 1 is 0.743 bits per heavy atom. The molecule has 0 heterocycles. The number of ketones is 1. The fraction of sp³-hybridized carbons (Fsp3) is 0.393. The largest absolute Gasteiger partial charge is 0.493 e. The van der Waals surface area contributed by atoms with Gasteiger partial charge in [0.2, 0.25) is 0 Å². The summed E-state index contributed by atoms with van der Waals surface area (Å²) >= 11 is 12.9. The van der Waals surface area contributed by atoms with Crippen LogP contribution < -0.4 is 18.9 Å². The van der Waals surface area contributed by atoms with Gasteiger partial charge >= 0.3 is 0 Å². The third-order valence-electron chi connectivity index (χ3n) is 5.37. The molecule has 35 heavy (non-hydrogen) atoms. The number of benzene rings is 2. The highest BCUT2D eigenvalue weighted by Crippen LogP contribution is 2.40. The quantitative estimate of drug-likeness (QED) is 0.333. The van der Waals surface area contributed by atoms with E-state index in [2.05, 4.69) is 0 Å². The summed E-state index contributed by atoms with van der Waals surface area (Å²) in [6.45, 7) is 7.70. The Hall–Kier alpha value is -2.63. The van der Waals surface area contributed by atoms with E-state index in [0.717, 1.165) is 28.7 Å². The molecule has 2 aromatic carbocycles. The van der Waals surface area contributed by atoms with E-state index in [1.165, 1.54) is 0 Å². The lowest BCUT2D eigenvalue weighted by Gasteiger charge is -2.19.